The first-order valence-corrected chi connectivity index (χ1v) is 10.0. The van der Waals surface area contributed by atoms with Gasteiger partial charge in [-0.2, -0.15) is 0 Å². The Kier molecular flexibility index (Phi) is 6.77. The predicted molar refractivity (Wildman–Crippen MR) is 115 cm³/mol. The monoisotopic (exact) mass is 409 g/mol. The lowest BCUT2D eigenvalue weighted by molar-refractivity contribution is -0.146. The van der Waals surface area contributed by atoms with Gasteiger partial charge in [-0.3, -0.25) is 4.79 Å². The number of rotatable bonds is 8. The van der Waals surface area contributed by atoms with Gasteiger partial charge in [0.05, 0.1) is 7.11 Å². The van der Waals surface area contributed by atoms with E-state index >= 15 is 0 Å². The van der Waals surface area contributed by atoms with Crippen LogP contribution in [0.15, 0.2) is 48.5 Å². The predicted octanol–water partition coefficient (Wildman–Crippen LogP) is 4.11. The molecule has 0 radical (unpaired) electrons. The lowest BCUT2D eigenvalue weighted by atomic mass is 9.98. The molecule has 0 heterocycles. The second-order valence-corrected chi connectivity index (χ2v) is 7.54. The summed E-state index contributed by atoms with van der Waals surface area (Å²) < 4.78 is 11.3. The summed E-state index contributed by atoms with van der Waals surface area (Å²) in [7, 11) is 1.56. The molecule has 6 heteroatoms. The van der Waals surface area contributed by atoms with Gasteiger partial charge in [0.1, 0.15) is 12.1 Å². The number of hydrogen-bond acceptors (Lipinski definition) is 4. The molecule has 158 valence electrons. The first-order valence-electron chi connectivity index (χ1n) is 10.0. The molecule has 3 rings (SSSR count). The molecule has 0 atom stereocenters. The van der Waals surface area contributed by atoms with E-state index in [0.29, 0.717) is 30.9 Å². The number of hydrogen-bond donors (Lipinski definition) is 2. The molecule has 30 heavy (non-hydrogen) atoms. The van der Waals surface area contributed by atoms with Crippen molar-refractivity contribution in [3.8, 4) is 11.5 Å². The number of ether oxygens (including phenoxy) is 2. The Morgan fingerprint density at radius 3 is 2.53 bits per heavy atom. The van der Waals surface area contributed by atoms with E-state index in [-0.39, 0.29) is 0 Å². The number of methoxy groups -OCH3 is 1. The second-order valence-electron chi connectivity index (χ2n) is 7.54. The second kappa shape index (κ2) is 9.48. The highest BCUT2D eigenvalue weighted by atomic mass is 16.5. The molecule has 2 aromatic rings. The van der Waals surface area contributed by atoms with Crippen LogP contribution in [0.4, 0.5) is 0 Å². The maximum absolute atomic E-state index is 12.3. The summed E-state index contributed by atoms with van der Waals surface area (Å²) in [4.78, 5) is 23.8. The molecule has 2 N–H and O–H groups in total. The molecular weight excluding hydrogens is 382 g/mol. The summed E-state index contributed by atoms with van der Waals surface area (Å²) in [5, 5.41) is 12.1. The van der Waals surface area contributed by atoms with E-state index in [4.69, 9.17) is 9.47 Å². The Balaban J connectivity index is 1.66. The highest BCUT2D eigenvalue weighted by Crippen LogP contribution is 2.31. The minimum Gasteiger partial charge on any atom is -0.493 e. The first-order chi connectivity index (χ1) is 14.4. The van der Waals surface area contributed by atoms with Crippen LogP contribution >= 0.6 is 0 Å². The number of carbonyl (C=O) groups excluding carboxylic acids is 1. The third-order valence-electron chi connectivity index (χ3n) is 5.49. The summed E-state index contributed by atoms with van der Waals surface area (Å²) in [5.41, 5.74) is 1.86. The fraction of sp³-hybridized carbons (Fsp3) is 0.333. The van der Waals surface area contributed by atoms with Gasteiger partial charge in [-0.1, -0.05) is 43.2 Å². The van der Waals surface area contributed by atoms with Crippen LogP contribution in [0.5, 0.6) is 11.5 Å². The zero-order chi connectivity index (χ0) is 21.6. The van der Waals surface area contributed by atoms with Crippen molar-refractivity contribution in [3.63, 3.8) is 0 Å². The third-order valence-corrected chi connectivity index (χ3v) is 5.49. The Bertz CT molecular complexity index is 944. The SMILES string of the molecule is COc1cc(C=CC(=O)NC2(C(=O)O)CCCC2)ccc1OCc1ccccc1C. The summed E-state index contributed by atoms with van der Waals surface area (Å²) in [6.45, 7) is 2.47. The molecule has 0 saturated heterocycles. The molecule has 6 nitrogen and oxygen atoms in total. The molecule has 1 aliphatic carbocycles. The van der Waals surface area contributed by atoms with Crippen molar-refractivity contribution >= 4 is 18.0 Å². The fourth-order valence-corrected chi connectivity index (χ4v) is 3.65. The van der Waals surface area contributed by atoms with E-state index in [1.54, 1.807) is 25.3 Å². The van der Waals surface area contributed by atoms with Crippen LogP contribution in [-0.2, 0) is 16.2 Å². The van der Waals surface area contributed by atoms with Crippen LogP contribution in [0, 0.1) is 6.92 Å². The number of carboxylic acid groups (broad SMARTS) is 1. The number of amides is 1. The topological polar surface area (TPSA) is 84.9 Å². The molecule has 1 saturated carbocycles. The normalized spacial score (nSPS) is 15.1. The number of benzene rings is 2. The molecule has 0 aromatic heterocycles. The van der Waals surface area contributed by atoms with Gasteiger partial charge in [0.2, 0.25) is 5.91 Å². The average Bonchev–Trinajstić information content (AvgIpc) is 3.22. The smallest absolute Gasteiger partial charge is 0.329 e. The van der Waals surface area contributed by atoms with Crippen LogP contribution in [0.2, 0.25) is 0 Å². The van der Waals surface area contributed by atoms with Gasteiger partial charge in [-0.25, -0.2) is 4.79 Å². The van der Waals surface area contributed by atoms with Crippen LogP contribution in [0.3, 0.4) is 0 Å². The zero-order valence-corrected chi connectivity index (χ0v) is 17.3. The van der Waals surface area contributed by atoms with Gasteiger partial charge in [0.15, 0.2) is 11.5 Å². The largest absolute Gasteiger partial charge is 0.493 e. The summed E-state index contributed by atoms with van der Waals surface area (Å²) >= 11 is 0. The van der Waals surface area contributed by atoms with Gasteiger partial charge in [0, 0.05) is 6.08 Å². The number of nitrogens with one attached hydrogen (secondary N) is 1. The van der Waals surface area contributed by atoms with Gasteiger partial charge in [-0.05, 0) is 54.7 Å². The van der Waals surface area contributed by atoms with Crippen molar-refractivity contribution in [2.24, 2.45) is 0 Å². The molecule has 1 fully saturated rings. The van der Waals surface area contributed by atoms with Crippen LogP contribution in [0.1, 0.15) is 42.4 Å². The summed E-state index contributed by atoms with van der Waals surface area (Å²) in [6, 6.07) is 13.4. The van der Waals surface area contributed by atoms with Crippen LogP contribution < -0.4 is 14.8 Å². The molecule has 2 aromatic carbocycles. The molecule has 0 bridgehead atoms. The number of carboxylic acids is 1. The van der Waals surface area contributed by atoms with Crippen molar-refractivity contribution in [2.45, 2.75) is 44.8 Å². The minimum atomic E-state index is -1.15. The van der Waals surface area contributed by atoms with E-state index in [9.17, 15) is 14.7 Å². The molecule has 0 unspecified atom stereocenters. The molecular formula is C24H27NO5. The zero-order valence-electron chi connectivity index (χ0n) is 17.3. The van der Waals surface area contributed by atoms with Crippen molar-refractivity contribution in [2.75, 3.05) is 7.11 Å². The van der Waals surface area contributed by atoms with Crippen molar-refractivity contribution in [3.05, 3.63) is 65.2 Å². The van der Waals surface area contributed by atoms with Crippen molar-refractivity contribution in [1.29, 1.82) is 0 Å². The quantitative estimate of drug-likeness (QED) is 0.641. The molecule has 0 aliphatic heterocycles. The number of aliphatic carboxylic acids is 1. The molecule has 1 aliphatic rings. The average molecular weight is 409 g/mol. The number of carbonyl (C=O) groups is 2. The summed E-state index contributed by atoms with van der Waals surface area (Å²) in [5.74, 6) is -0.223. The lowest BCUT2D eigenvalue weighted by Gasteiger charge is -2.24. The Morgan fingerprint density at radius 2 is 1.87 bits per heavy atom. The molecule has 1 amide bonds. The van der Waals surface area contributed by atoms with Crippen LogP contribution in [-0.4, -0.2) is 29.6 Å². The Hall–Kier alpha value is -3.28. The third kappa shape index (κ3) is 5.00. The van der Waals surface area contributed by atoms with E-state index in [2.05, 4.69) is 5.32 Å². The molecule has 0 spiro atoms. The van der Waals surface area contributed by atoms with Crippen LogP contribution in [0.25, 0.3) is 6.08 Å². The Morgan fingerprint density at radius 1 is 1.13 bits per heavy atom. The van der Waals surface area contributed by atoms with E-state index in [0.717, 1.165) is 29.5 Å². The van der Waals surface area contributed by atoms with E-state index < -0.39 is 17.4 Å². The van der Waals surface area contributed by atoms with Crippen molar-refractivity contribution in [1.82, 2.24) is 5.32 Å². The first kappa shape index (κ1) is 21.4. The van der Waals surface area contributed by atoms with Gasteiger partial charge >= 0.3 is 5.97 Å². The fourth-order valence-electron chi connectivity index (χ4n) is 3.65. The Labute approximate surface area is 176 Å². The van der Waals surface area contributed by atoms with E-state index in [1.807, 2.05) is 37.3 Å². The lowest BCUT2D eigenvalue weighted by Crippen LogP contribution is -2.52. The highest BCUT2D eigenvalue weighted by molar-refractivity contribution is 5.96. The van der Waals surface area contributed by atoms with Gasteiger partial charge in [0.25, 0.3) is 0 Å². The highest BCUT2D eigenvalue weighted by Gasteiger charge is 2.42. The maximum atomic E-state index is 12.3. The number of aryl methyl sites for hydroxylation is 1. The maximum Gasteiger partial charge on any atom is 0.329 e. The minimum absolute atomic E-state index is 0.418. The van der Waals surface area contributed by atoms with Crippen molar-refractivity contribution < 1.29 is 24.2 Å². The standard InChI is InChI=1S/C24H27NO5/c1-17-7-3-4-8-19(17)16-30-20-11-9-18(15-21(20)29-2)10-12-22(26)25-24(23(27)28)13-5-6-14-24/h3-4,7-12,15H,5-6,13-14,16H2,1-2H3,(H,25,26)(H,27,28). The van der Waals surface area contributed by atoms with E-state index in [1.165, 1.54) is 6.08 Å². The van der Waals surface area contributed by atoms with Gasteiger partial charge in [-0.15, -0.1) is 0 Å². The van der Waals surface area contributed by atoms with Gasteiger partial charge < -0.3 is 19.9 Å². The summed E-state index contributed by atoms with van der Waals surface area (Å²) in [6.07, 6.45) is 5.51.